The van der Waals surface area contributed by atoms with Gasteiger partial charge in [0.1, 0.15) is 12.4 Å². The quantitative estimate of drug-likeness (QED) is 0.690. The van der Waals surface area contributed by atoms with Crippen LogP contribution in [0, 0.1) is 5.92 Å². The highest BCUT2D eigenvalue weighted by Gasteiger charge is 2.39. The number of likely N-dealkylation sites (tertiary alicyclic amines) is 1. The highest BCUT2D eigenvalue weighted by Crippen LogP contribution is 2.29. The van der Waals surface area contributed by atoms with E-state index in [4.69, 9.17) is 4.74 Å². The molecule has 2 heterocycles. The molecular formula is C25H31N3O3. The van der Waals surface area contributed by atoms with Crippen LogP contribution >= 0.6 is 0 Å². The first kappa shape index (κ1) is 21.4. The van der Waals surface area contributed by atoms with Crippen LogP contribution in [0.3, 0.4) is 0 Å². The second kappa shape index (κ2) is 9.96. The van der Waals surface area contributed by atoms with Gasteiger partial charge < -0.3 is 14.5 Å². The van der Waals surface area contributed by atoms with Crippen LogP contribution in [0.2, 0.25) is 0 Å². The maximum absolute atomic E-state index is 13.1. The van der Waals surface area contributed by atoms with E-state index in [-0.39, 0.29) is 23.8 Å². The monoisotopic (exact) mass is 421 g/mol. The van der Waals surface area contributed by atoms with Crippen LogP contribution in [-0.4, -0.2) is 72.4 Å². The van der Waals surface area contributed by atoms with Crippen molar-refractivity contribution in [3.05, 3.63) is 66.2 Å². The largest absolute Gasteiger partial charge is 0.492 e. The van der Waals surface area contributed by atoms with E-state index >= 15 is 0 Å². The Labute approximate surface area is 184 Å². The summed E-state index contributed by atoms with van der Waals surface area (Å²) < 4.78 is 5.78. The lowest BCUT2D eigenvalue weighted by Crippen LogP contribution is -2.51. The SMILES string of the molecule is C[C@H](c1ccccc1)N1C[C@@H](C(=O)N2CCN(CCOc3ccccc3)CC2)CC1=O. The minimum Gasteiger partial charge on any atom is -0.492 e. The van der Waals surface area contributed by atoms with E-state index in [0.717, 1.165) is 30.9 Å². The standard InChI is InChI=1S/C25H31N3O3/c1-20(21-8-4-2-5-9-21)28-19-22(18-24(28)29)25(30)27-14-12-26(13-15-27)16-17-31-23-10-6-3-7-11-23/h2-11,20,22H,12-19H2,1H3/t20-,22+/m1/s1. The van der Waals surface area contributed by atoms with Gasteiger partial charge in [-0.05, 0) is 24.6 Å². The lowest BCUT2D eigenvalue weighted by molar-refractivity contribution is -0.137. The normalized spacial score (nSPS) is 20.7. The van der Waals surface area contributed by atoms with Crippen molar-refractivity contribution in [2.75, 3.05) is 45.9 Å². The second-order valence-corrected chi connectivity index (χ2v) is 8.36. The van der Waals surface area contributed by atoms with Crippen molar-refractivity contribution in [1.82, 2.24) is 14.7 Å². The number of para-hydroxylation sites is 1. The molecule has 6 heteroatoms. The van der Waals surface area contributed by atoms with E-state index in [1.165, 1.54) is 0 Å². The summed E-state index contributed by atoms with van der Waals surface area (Å²) in [6.45, 7) is 7.15. The smallest absolute Gasteiger partial charge is 0.228 e. The number of nitrogens with zero attached hydrogens (tertiary/aromatic N) is 3. The van der Waals surface area contributed by atoms with E-state index in [1.807, 2.05) is 77.4 Å². The summed E-state index contributed by atoms with van der Waals surface area (Å²) in [7, 11) is 0. The van der Waals surface area contributed by atoms with Crippen molar-refractivity contribution in [2.24, 2.45) is 5.92 Å². The van der Waals surface area contributed by atoms with Gasteiger partial charge in [-0.2, -0.15) is 0 Å². The van der Waals surface area contributed by atoms with Crippen LogP contribution in [0.25, 0.3) is 0 Å². The number of hydrogen-bond acceptors (Lipinski definition) is 4. The number of ether oxygens (including phenoxy) is 1. The number of amides is 2. The molecule has 4 rings (SSSR count). The summed E-state index contributed by atoms with van der Waals surface area (Å²) in [6.07, 6.45) is 0.321. The zero-order valence-electron chi connectivity index (χ0n) is 18.2. The average molecular weight is 422 g/mol. The molecule has 0 N–H and O–H groups in total. The number of benzene rings is 2. The van der Waals surface area contributed by atoms with Crippen molar-refractivity contribution < 1.29 is 14.3 Å². The molecule has 2 aliphatic heterocycles. The number of carbonyl (C=O) groups excluding carboxylic acids is 2. The highest BCUT2D eigenvalue weighted by atomic mass is 16.5. The summed E-state index contributed by atoms with van der Waals surface area (Å²) in [5.74, 6) is 0.853. The summed E-state index contributed by atoms with van der Waals surface area (Å²) in [6, 6.07) is 19.8. The summed E-state index contributed by atoms with van der Waals surface area (Å²) in [5, 5.41) is 0. The molecule has 2 aromatic carbocycles. The topological polar surface area (TPSA) is 53.1 Å². The third kappa shape index (κ3) is 5.25. The van der Waals surface area contributed by atoms with Gasteiger partial charge >= 0.3 is 0 Å². The van der Waals surface area contributed by atoms with Crippen LogP contribution in [0.15, 0.2) is 60.7 Å². The Kier molecular flexibility index (Phi) is 6.87. The predicted octanol–water partition coefficient (Wildman–Crippen LogP) is 2.82. The molecule has 164 valence electrons. The molecule has 0 saturated carbocycles. The van der Waals surface area contributed by atoms with Gasteiger partial charge in [-0.25, -0.2) is 0 Å². The van der Waals surface area contributed by atoms with Crippen molar-refractivity contribution in [3.8, 4) is 5.75 Å². The molecule has 2 aliphatic rings. The molecule has 2 saturated heterocycles. The Morgan fingerprint density at radius 1 is 1.00 bits per heavy atom. The fourth-order valence-corrected chi connectivity index (χ4v) is 4.44. The number of rotatable bonds is 7. The van der Waals surface area contributed by atoms with Crippen LogP contribution < -0.4 is 4.74 Å². The first-order chi connectivity index (χ1) is 15.1. The van der Waals surface area contributed by atoms with Crippen molar-refractivity contribution in [2.45, 2.75) is 19.4 Å². The molecule has 0 aromatic heterocycles. The number of hydrogen-bond donors (Lipinski definition) is 0. The van der Waals surface area contributed by atoms with E-state index in [9.17, 15) is 9.59 Å². The van der Waals surface area contributed by atoms with Gasteiger partial charge in [0, 0.05) is 45.7 Å². The first-order valence-corrected chi connectivity index (χ1v) is 11.1. The van der Waals surface area contributed by atoms with E-state index < -0.39 is 0 Å². The summed E-state index contributed by atoms with van der Waals surface area (Å²) in [5.41, 5.74) is 1.11. The van der Waals surface area contributed by atoms with E-state index in [1.54, 1.807) is 0 Å². The Hall–Kier alpha value is -2.86. The van der Waals surface area contributed by atoms with Gasteiger partial charge in [0.2, 0.25) is 11.8 Å². The molecule has 2 fully saturated rings. The number of carbonyl (C=O) groups is 2. The lowest BCUT2D eigenvalue weighted by Gasteiger charge is -2.35. The van der Waals surface area contributed by atoms with Crippen LogP contribution in [0.1, 0.15) is 24.9 Å². The molecule has 6 nitrogen and oxygen atoms in total. The molecule has 0 bridgehead atoms. The Morgan fingerprint density at radius 2 is 1.65 bits per heavy atom. The van der Waals surface area contributed by atoms with Crippen LogP contribution in [0.5, 0.6) is 5.75 Å². The molecule has 2 atom stereocenters. The molecule has 2 aromatic rings. The fourth-order valence-electron chi connectivity index (χ4n) is 4.44. The molecular weight excluding hydrogens is 390 g/mol. The highest BCUT2D eigenvalue weighted by molar-refractivity contribution is 5.89. The van der Waals surface area contributed by atoms with Crippen molar-refractivity contribution >= 4 is 11.8 Å². The lowest BCUT2D eigenvalue weighted by atomic mass is 10.1. The molecule has 2 amide bonds. The van der Waals surface area contributed by atoms with Gasteiger partial charge in [-0.1, -0.05) is 48.5 Å². The first-order valence-electron chi connectivity index (χ1n) is 11.1. The van der Waals surface area contributed by atoms with E-state index in [2.05, 4.69) is 4.90 Å². The minimum atomic E-state index is -0.230. The summed E-state index contributed by atoms with van der Waals surface area (Å²) >= 11 is 0. The molecule has 0 radical (unpaired) electrons. The maximum Gasteiger partial charge on any atom is 0.228 e. The maximum atomic E-state index is 13.1. The van der Waals surface area contributed by atoms with Gasteiger partial charge in [-0.15, -0.1) is 0 Å². The minimum absolute atomic E-state index is 0.00652. The zero-order chi connectivity index (χ0) is 21.6. The third-order valence-corrected chi connectivity index (χ3v) is 6.36. The number of piperazine rings is 1. The second-order valence-electron chi connectivity index (χ2n) is 8.36. The summed E-state index contributed by atoms with van der Waals surface area (Å²) in [4.78, 5) is 31.8. The van der Waals surface area contributed by atoms with Gasteiger partial charge in [0.25, 0.3) is 0 Å². The molecule has 0 aliphatic carbocycles. The third-order valence-electron chi connectivity index (χ3n) is 6.36. The van der Waals surface area contributed by atoms with Gasteiger partial charge in [0.15, 0.2) is 0 Å². The fraction of sp³-hybridized carbons (Fsp3) is 0.440. The Morgan fingerprint density at radius 3 is 2.32 bits per heavy atom. The van der Waals surface area contributed by atoms with Crippen LogP contribution in [0.4, 0.5) is 0 Å². The molecule has 0 unspecified atom stereocenters. The Bertz CT molecular complexity index is 866. The van der Waals surface area contributed by atoms with Gasteiger partial charge in [0.05, 0.1) is 12.0 Å². The van der Waals surface area contributed by atoms with Crippen molar-refractivity contribution in [3.63, 3.8) is 0 Å². The van der Waals surface area contributed by atoms with Crippen LogP contribution in [-0.2, 0) is 9.59 Å². The average Bonchev–Trinajstić information content (AvgIpc) is 3.21. The molecule has 31 heavy (non-hydrogen) atoms. The molecule has 0 spiro atoms. The zero-order valence-corrected chi connectivity index (χ0v) is 18.2. The predicted molar refractivity (Wildman–Crippen MR) is 120 cm³/mol. The van der Waals surface area contributed by atoms with Crippen molar-refractivity contribution in [1.29, 1.82) is 0 Å². The Balaban J connectivity index is 1.23. The van der Waals surface area contributed by atoms with Gasteiger partial charge in [-0.3, -0.25) is 14.5 Å². The van der Waals surface area contributed by atoms with E-state index in [0.29, 0.717) is 32.7 Å².